The van der Waals surface area contributed by atoms with Gasteiger partial charge in [0.2, 0.25) is 0 Å². The summed E-state index contributed by atoms with van der Waals surface area (Å²) < 4.78 is 15.0. The molecule has 1 aromatic carbocycles. The van der Waals surface area contributed by atoms with Crippen LogP contribution in [0.1, 0.15) is 30.7 Å². The summed E-state index contributed by atoms with van der Waals surface area (Å²) >= 11 is 1.39. The number of carbonyl (C=O) groups is 1. The van der Waals surface area contributed by atoms with Gasteiger partial charge in [0.1, 0.15) is 12.1 Å². The fourth-order valence-corrected chi connectivity index (χ4v) is 3.09. The summed E-state index contributed by atoms with van der Waals surface area (Å²) in [5, 5.41) is 8.20. The van der Waals surface area contributed by atoms with E-state index in [4.69, 9.17) is 5.11 Å². The maximum atomic E-state index is 13.4. The molecule has 0 radical (unpaired) electrons. The number of fused-ring (bicyclic) bond motifs is 1. The van der Waals surface area contributed by atoms with E-state index in [9.17, 15) is 9.18 Å². The van der Waals surface area contributed by atoms with Crippen molar-refractivity contribution >= 4 is 27.6 Å². The highest BCUT2D eigenvalue weighted by Crippen LogP contribution is 2.40. The van der Waals surface area contributed by atoms with Gasteiger partial charge >= 0.3 is 6.09 Å². The lowest BCUT2D eigenvalue weighted by molar-refractivity contribution is 0.196. The summed E-state index contributed by atoms with van der Waals surface area (Å²) in [6.45, 7) is 0. The zero-order valence-electron chi connectivity index (χ0n) is 11.6. The van der Waals surface area contributed by atoms with Crippen molar-refractivity contribution in [1.29, 1.82) is 0 Å². The van der Waals surface area contributed by atoms with Crippen molar-refractivity contribution in [3.63, 3.8) is 0 Å². The van der Waals surface area contributed by atoms with Crippen LogP contribution in [0.3, 0.4) is 0 Å². The second-order valence-electron chi connectivity index (χ2n) is 5.05. The van der Waals surface area contributed by atoms with Crippen molar-refractivity contribution in [3.05, 3.63) is 47.7 Å². The van der Waals surface area contributed by atoms with Crippen molar-refractivity contribution in [2.45, 2.75) is 25.2 Å². The van der Waals surface area contributed by atoms with E-state index >= 15 is 0 Å². The topological polar surface area (TPSA) is 68.0 Å². The molecule has 4 rings (SSSR count). The molecule has 0 unspecified atom stereocenters. The highest BCUT2D eigenvalue weighted by molar-refractivity contribution is 7.16. The molecule has 2 aromatic heterocycles. The van der Waals surface area contributed by atoms with E-state index in [2.05, 4.69) is 9.97 Å². The monoisotopic (exact) mass is 319 g/mol. The van der Waals surface area contributed by atoms with Crippen molar-refractivity contribution in [2.24, 2.45) is 0 Å². The Labute approximate surface area is 130 Å². The fourth-order valence-electron chi connectivity index (χ4n) is 2.36. The Morgan fingerprint density at radius 2 is 2.23 bits per heavy atom. The Bertz CT molecular complexity index is 781. The molecule has 1 aliphatic rings. The van der Waals surface area contributed by atoms with Crippen LogP contribution in [0.15, 0.2) is 36.4 Å². The number of carboxylic acid groups (broad SMARTS) is 1. The minimum atomic E-state index is -1.01. The molecule has 7 heteroatoms. The third kappa shape index (κ3) is 2.85. The molecule has 0 bridgehead atoms. The summed E-state index contributed by atoms with van der Waals surface area (Å²) in [5.41, 5.74) is 3.87. The number of imidazole rings is 1. The minimum absolute atomic E-state index is 0.134. The first-order chi connectivity index (χ1) is 10.7. The third-order valence-corrected chi connectivity index (χ3v) is 4.57. The minimum Gasteiger partial charge on any atom is -0.464 e. The molecule has 1 saturated carbocycles. The van der Waals surface area contributed by atoms with Crippen molar-refractivity contribution in [1.82, 2.24) is 14.5 Å². The third-order valence-electron chi connectivity index (χ3n) is 3.74. The molecular weight excluding hydrogens is 305 g/mol. The van der Waals surface area contributed by atoms with Gasteiger partial charge in [0.25, 0.3) is 0 Å². The number of aromatic nitrogens is 3. The number of nitrogens with zero attached hydrogens (tertiary/aromatic N) is 3. The molecule has 0 saturated heterocycles. The quantitative estimate of drug-likeness (QED) is 0.733. The second-order valence-corrected chi connectivity index (χ2v) is 5.90. The van der Waals surface area contributed by atoms with Gasteiger partial charge < -0.3 is 5.11 Å². The highest BCUT2D eigenvalue weighted by atomic mass is 32.1. The summed E-state index contributed by atoms with van der Waals surface area (Å²) in [6.07, 6.45) is 6.76. The number of rotatable bonds is 1. The summed E-state index contributed by atoms with van der Waals surface area (Å²) in [7, 11) is 0. The van der Waals surface area contributed by atoms with Crippen molar-refractivity contribution < 1.29 is 14.3 Å². The first kappa shape index (κ1) is 14.6. The molecule has 0 aliphatic heterocycles. The first-order valence-corrected chi connectivity index (χ1v) is 7.77. The zero-order valence-corrected chi connectivity index (χ0v) is 12.5. The van der Waals surface area contributed by atoms with Crippen LogP contribution < -0.4 is 0 Å². The second kappa shape index (κ2) is 6.23. The molecule has 1 aliphatic carbocycles. The van der Waals surface area contributed by atoms with Gasteiger partial charge in [0.15, 0.2) is 0 Å². The average molecular weight is 319 g/mol. The van der Waals surface area contributed by atoms with E-state index in [0.29, 0.717) is 5.92 Å². The number of benzene rings is 1. The lowest BCUT2D eigenvalue weighted by Crippen LogP contribution is -2.09. The van der Waals surface area contributed by atoms with Gasteiger partial charge in [-0.1, -0.05) is 12.5 Å². The van der Waals surface area contributed by atoms with Crippen LogP contribution in [0.4, 0.5) is 9.18 Å². The van der Waals surface area contributed by atoms with E-state index in [0.717, 1.165) is 14.8 Å². The van der Waals surface area contributed by atoms with Crippen LogP contribution in [0.5, 0.6) is 0 Å². The molecule has 2 heterocycles. The molecule has 0 amide bonds. The Morgan fingerprint density at radius 1 is 1.41 bits per heavy atom. The molecule has 1 fully saturated rings. The van der Waals surface area contributed by atoms with Crippen LogP contribution in [-0.2, 0) is 0 Å². The molecular formula is C15H14FN3O2S. The van der Waals surface area contributed by atoms with Gasteiger partial charge in [0, 0.05) is 12.4 Å². The molecule has 22 heavy (non-hydrogen) atoms. The van der Waals surface area contributed by atoms with Crippen LogP contribution in [0, 0.1) is 5.82 Å². The lowest BCUT2D eigenvalue weighted by Gasteiger charge is -2.25. The molecule has 0 atom stereocenters. The van der Waals surface area contributed by atoms with Gasteiger partial charge in [-0.3, -0.25) is 0 Å². The number of hydrogen-bond donors (Lipinski definition) is 1. The van der Waals surface area contributed by atoms with E-state index in [1.165, 1.54) is 54.9 Å². The van der Waals surface area contributed by atoms with Gasteiger partial charge in [-0.05, 0) is 30.4 Å². The Hall–Kier alpha value is -2.28. The fraction of sp³-hybridized carbons (Fsp3) is 0.267. The van der Waals surface area contributed by atoms with Crippen molar-refractivity contribution in [2.75, 3.05) is 0 Å². The number of hydrogen-bond acceptors (Lipinski definition) is 4. The molecule has 3 aromatic rings. The van der Waals surface area contributed by atoms with E-state index in [1.54, 1.807) is 11.6 Å². The summed E-state index contributed by atoms with van der Waals surface area (Å²) in [6, 6.07) is 3.48. The van der Waals surface area contributed by atoms with Gasteiger partial charge in [0.05, 0.1) is 15.7 Å². The Kier molecular flexibility index (Phi) is 4.15. The first-order valence-electron chi connectivity index (χ1n) is 6.89. The predicted molar refractivity (Wildman–Crippen MR) is 81.8 cm³/mol. The number of thiazole rings is 1. The molecule has 1 N–H and O–H groups in total. The largest absolute Gasteiger partial charge is 0.464 e. The molecule has 5 nitrogen and oxygen atoms in total. The lowest BCUT2D eigenvalue weighted by atomic mass is 9.79. The normalized spacial score (nSPS) is 14.2. The average Bonchev–Trinajstić information content (AvgIpc) is 3.10. The van der Waals surface area contributed by atoms with Crippen LogP contribution in [0.2, 0.25) is 0 Å². The SMILES string of the molecule is Fc1ccc(C2CCC2)c2ncsc12.O=C(O)n1ccnc1. The van der Waals surface area contributed by atoms with Gasteiger partial charge in [-0.25, -0.2) is 23.7 Å². The van der Waals surface area contributed by atoms with E-state index in [1.807, 2.05) is 6.07 Å². The van der Waals surface area contributed by atoms with Crippen LogP contribution in [-0.4, -0.2) is 25.7 Å². The zero-order chi connectivity index (χ0) is 15.5. The standard InChI is InChI=1S/C11H10FNS.C4H4N2O2/c12-9-5-4-8(7-2-1-3-7)10-11(9)14-6-13-10;7-4(8)6-2-1-5-3-6/h4-7H,1-3H2;1-3H,(H,7,8). The summed E-state index contributed by atoms with van der Waals surface area (Å²) in [5.74, 6) is 0.491. The van der Waals surface area contributed by atoms with Crippen molar-refractivity contribution in [3.8, 4) is 0 Å². The highest BCUT2D eigenvalue weighted by Gasteiger charge is 2.23. The molecule has 114 valence electrons. The van der Waals surface area contributed by atoms with Gasteiger partial charge in [-0.2, -0.15) is 0 Å². The maximum absolute atomic E-state index is 13.4. The van der Waals surface area contributed by atoms with Gasteiger partial charge in [-0.15, -0.1) is 11.3 Å². The van der Waals surface area contributed by atoms with E-state index in [-0.39, 0.29) is 5.82 Å². The smallest absolute Gasteiger partial charge is 0.416 e. The van der Waals surface area contributed by atoms with Crippen LogP contribution >= 0.6 is 11.3 Å². The Morgan fingerprint density at radius 3 is 2.77 bits per heavy atom. The van der Waals surface area contributed by atoms with Crippen LogP contribution in [0.25, 0.3) is 10.2 Å². The number of halogens is 1. The maximum Gasteiger partial charge on any atom is 0.416 e. The Balaban J connectivity index is 0.000000154. The predicted octanol–water partition coefficient (Wildman–Crippen LogP) is 4.11. The molecule has 0 spiro atoms. The van der Waals surface area contributed by atoms with E-state index < -0.39 is 6.09 Å². The summed E-state index contributed by atoms with van der Waals surface area (Å²) in [4.78, 5) is 17.8.